The third kappa shape index (κ3) is 4.43. The van der Waals surface area contributed by atoms with Crippen molar-refractivity contribution in [2.24, 2.45) is 12.2 Å². The lowest BCUT2D eigenvalue weighted by atomic mass is 10.0. The minimum Gasteiger partial charge on any atom is -0.285 e. The quantitative estimate of drug-likeness (QED) is 0.576. The molecule has 3 N–H and O–H groups in total. The van der Waals surface area contributed by atoms with Crippen molar-refractivity contribution in [2.75, 3.05) is 4.72 Å². The van der Waals surface area contributed by atoms with Crippen LogP contribution in [0.25, 0.3) is 5.69 Å². The van der Waals surface area contributed by atoms with E-state index in [0.29, 0.717) is 11.3 Å². The monoisotopic (exact) mass is 464 g/mol. The summed E-state index contributed by atoms with van der Waals surface area (Å²) in [5.41, 5.74) is 2.15. The third-order valence-electron chi connectivity index (χ3n) is 5.00. The van der Waals surface area contributed by atoms with Crippen LogP contribution in [-0.2, 0) is 27.1 Å². The fourth-order valence-corrected chi connectivity index (χ4v) is 4.95. The van der Waals surface area contributed by atoms with Gasteiger partial charge in [-0.3, -0.25) is 14.2 Å². The lowest BCUT2D eigenvalue weighted by Gasteiger charge is -2.11. The highest BCUT2D eigenvalue weighted by molar-refractivity contribution is 7.92. The standard InChI is InChI=1S/C20H24N4O5S2/c1-13(2)19-14(3)23(4)24(20(19)25)16-7-11-18(12-8-16)31(28,29)22-15-5-9-17(10-6-15)30(21,26)27/h5-13,22H,1-4H3,(H2,21,26,27). The van der Waals surface area contributed by atoms with Gasteiger partial charge in [0.05, 0.1) is 15.5 Å². The molecule has 0 fully saturated rings. The number of anilines is 1. The number of hydrogen-bond acceptors (Lipinski definition) is 5. The molecule has 3 aromatic rings. The molecule has 0 amide bonds. The number of nitrogens with one attached hydrogen (secondary N) is 1. The van der Waals surface area contributed by atoms with Gasteiger partial charge >= 0.3 is 0 Å². The molecule has 3 rings (SSSR count). The van der Waals surface area contributed by atoms with Crippen LogP contribution in [-0.4, -0.2) is 26.2 Å². The summed E-state index contributed by atoms with van der Waals surface area (Å²) >= 11 is 0. The van der Waals surface area contributed by atoms with Gasteiger partial charge in [0.15, 0.2) is 0 Å². The fraction of sp³-hybridized carbons (Fsp3) is 0.250. The molecule has 0 bridgehead atoms. The lowest BCUT2D eigenvalue weighted by Crippen LogP contribution is -2.21. The normalized spacial score (nSPS) is 12.3. The Morgan fingerprint density at radius 2 is 1.42 bits per heavy atom. The second-order valence-electron chi connectivity index (χ2n) is 7.46. The van der Waals surface area contributed by atoms with Crippen molar-refractivity contribution < 1.29 is 16.8 Å². The molecule has 11 heteroatoms. The Labute approximate surface area is 181 Å². The number of nitrogens with zero attached hydrogens (tertiary/aromatic N) is 2. The largest absolute Gasteiger partial charge is 0.285 e. The summed E-state index contributed by atoms with van der Waals surface area (Å²) in [7, 11) is -6.01. The van der Waals surface area contributed by atoms with Gasteiger partial charge in [-0.25, -0.2) is 26.7 Å². The zero-order chi connectivity index (χ0) is 23.1. The Bertz CT molecular complexity index is 1380. The second-order valence-corrected chi connectivity index (χ2v) is 10.7. The van der Waals surface area contributed by atoms with Crippen LogP contribution in [0.1, 0.15) is 31.0 Å². The molecule has 1 heterocycles. The minimum atomic E-state index is -3.92. The Kier molecular flexibility index (Phi) is 5.87. The summed E-state index contributed by atoms with van der Waals surface area (Å²) in [4.78, 5) is 12.7. The zero-order valence-electron chi connectivity index (χ0n) is 17.5. The Balaban J connectivity index is 1.91. The van der Waals surface area contributed by atoms with E-state index in [9.17, 15) is 21.6 Å². The van der Waals surface area contributed by atoms with Crippen LogP contribution in [0.2, 0.25) is 0 Å². The number of benzene rings is 2. The van der Waals surface area contributed by atoms with Gasteiger partial charge in [0.1, 0.15) is 0 Å². The van der Waals surface area contributed by atoms with Crippen molar-refractivity contribution in [3.8, 4) is 5.69 Å². The molecule has 166 valence electrons. The molecule has 0 spiro atoms. The van der Waals surface area contributed by atoms with Crippen LogP contribution < -0.4 is 15.4 Å². The van der Waals surface area contributed by atoms with Gasteiger partial charge in [0, 0.05) is 24.0 Å². The van der Waals surface area contributed by atoms with E-state index < -0.39 is 20.0 Å². The first-order chi connectivity index (χ1) is 14.3. The third-order valence-corrected chi connectivity index (χ3v) is 7.33. The van der Waals surface area contributed by atoms with Gasteiger partial charge in [-0.05, 0) is 61.4 Å². The van der Waals surface area contributed by atoms with Crippen LogP contribution in [0, 0.1) is 6.92 Å². The van der Waals surface area contributed by atoms with E-state index in [-0.39, 0.29) is 27.0 Å². The van der Waals surface area contributed by atoms with Crippen LogP contribution >= 0.6 is 0 Å². The SMILES string of the molecule is Cc1c(C(C)C)c(=O)n(-c2ccc(S(=O)(=O)Nc3ccc(S(N)(=O)=O)cc3)cc2)n1C. The minimum absolute atomic E-state index is 0.00478. The number of sulfonamides is 2. The number of nitrogens with two attached hydrogens (primary N) is 1. The molecule has 0 saturated heterocycles. The Morgan fingerprint density at radius 3 is 1.87 bits per heavy atom. The predicted octanol–water partition coefficient (Wildman–Crippen LogP) is 2.06. The van der Waals surface area contributed by atoms with Crippen molar-refractivity contribution >= 4 is 25.7 Å². The van der Waals surface area contributed by atoms with Crippen LogP contribution in [0.4, 0.5) is 5.69 Å². The van der Waals surface area contributed by atoms with E-state index in [1.165, 1.54) is 41.1 Å². The lowest BCUT2D eigenvalue weighted by molar-refractivity contribution is 0.597. The summed E-state index contributed by atoms with van der Waals surface area (Å²) in [5, 5.41) is 5.04. The first kappa shape index (κ1) is 22.8. The highest BCUT2D eigenvalue weighted by Gasteiger charge is 2.20. The molecule has 0 unspecified atom stereocenters. The molecule has 2 aromatic carbocycles. The zero-order valence-corrected chi connectivity index (χ0v) is 19.2. The highest BCUT2D eigenvalue weighted by atomic mass is 32.2. The molecule has 31 heavy (non-hydrogen) atoms. The summed E-state index contributed by atoms with van der Waals surface area (Å²) in [6, 6.07) is 11.0. The molecule has 0 saturated carbocycles. The first-order valence-corrected chi connectivity index (χ1v) is 12.4. The molecule has 0 aliphatic rings. The molecular formula is C20H24N4O5S2. The number of primary sulfonamides is 1. The van der Waals surface area contributed by atoms with Gasteiger partial charge in [-0.1, -0.05) is 13.8 Å². The van der Waals surface area contributed by atoms with Gasteiger partial charge in [-0.2, -0.15) is 0 Å². The molecule has 1 aromatic heterocycles. The molecular weight excluding hydrogens is 440 g/mol. The van der Waals surface area contributed by atoms with Crippen LogP contribution in [0.15, 0.2) is 63.1 Å². The van der Waals surface area contributed by atoms with Gasteiger partial charge in [0.2, 0.25) is 10.0 Å². The van der Waals surface area contributed by atoms with Crippen molar-refractivity contribution in [3.63, 3.8) is 0 Å². The van der Waals surface area contributed by atoms with Crippen LogP contribution in [0.5, 0.6) is 0 Å². The first-order valence-electron chi connectivity index (χ1n) is 9.37. The van der Waals surface area contributed by atoms with Crippen molar-refractivity contribution in [1.82, 2.24) is 9.36 Å². The summed E-state index contributed by atoms with van der Waals surface area (Å²) < 4.78 is 53.6. The molecule has 9 nitrogen and oxygen atoms in total. The molecule has 0 aliphatic carbocycles. The maximum Gasteiger partial charge on any atom is 0.275 e. The van der Waals surface area contributed by atoms with Crippen molar-refractivity contribution in [1.29, 1.82) is 0 Å². The van der Waals surface area contributed by atoms with E-state index in [2.05, 4.69) is 4.72 Å². The van der Waals surface area contributed by atoms with Gasteiger partial charge in [0.25, 0.3) is 15.6 Å². The summed E-state index contributed by atoms with van der Waals surface area (Å²) in [6.07, 6.45) is 0. The smallest absolute Gasteiger partial charge is 0.275 e. The maximum atomic E-state index is 12.8. The van der Waals surface area contributed by atoms with Crippen molar-refractivity contribution in [2.45, 2.75) is 36.5 Å². The molecule has 0 aliphatic heterocycles. The average Bonchev–Trinajstić information content (AvgIpc) is 2.90. The Morgan fingerprint density at radius 1 is 0.903 bits per heavy atom. The van der Waals surface area contributed by atoms with E-state index in [1.807, 2.05) is 20.8 Å². The number of aromatic nitrogens is 2. The summed E-state index contributed by atoms with van der Waals surface area (Å²) in [6.45, 7) is 5.77. The maximum absolute atomic E-state index is 12.8. The predicted molar refractivity (Wildman–Crippen MR) is 118 cm³/mol. The topological polar surface area (TPSA) is 133 Å². The average molecular weight is 465 g/mol. The van der Waals surface area contributed by atoms with E-state index in [0.717, 1.165) is 5.69 Å². The molecule has 0 atom stereocenters. The number of rotatable bonds is 6. The number of hydrogen-bond donors (Lipinski definition) is 2. The van der Waals surface area contributed by atoms with Crippen molar-refractivity contribution in [3.05, 3.63) is 70.1 Å². The fourth-order valence-electron chi connectivity index (χ4n) is 3.38. The Hall–Kier alpha value is -2.89. The second kappa shape index (κ2) is 7.98. The van der Waals surface area contributed by atoms with E-state index in [4.69, 9.17) is 5.14 Å². The van der Waals surface area contributed by atoms with E-state index in [1.54, 1.807) is 23.9 Å². The molecule has 0 radical (unpaired) electrons. The summed E-state index contributed by atoms with van der Waals surface area (Å²) in [5.74, 6) is 0.0597. The van der Waals surface area contributed by atoms with Crippen LogP contribution in [0.3, 0.4) is 0 Å². The van der Waals surface area contributed by atoms with E-state index >= 15 is 0 Å². The van der Waals surface area contributed by atoms with Gasteiger partial charge in [-0.15, -0.1) is 0 Å². The highest BCUT2D eigenvalue weighted by Crippen LogP contribution is 2.21. The van der Waals surface area contributed by atoms with Gasteiger partial charge < -0.3 is 0 Å².